The number of carbonyl (C=O) groups excluding carboxylic acids is 1. The van der Waals surface area contributed by atoms with Gasteiger partial charge in [0.1, 0.15) is 5.75 Å². The topological polar surface area (TPSA) is 38.3 Å². The maximum atomic E-state index is 12.8. The number of hydrogen-bond donors (Lipinski definition) is 1. The van der Waals surface area contributed by atoms with Gasteiger partial charge in [-0.25, -0.2) is 0 Å². The van der Waals surface area contributed by atoms with Gasteiger partial charge < -0.3 is 10.1 Å². The summed E-state index contributed by atoms with van der Waals surface area (Å²) in [5, 5.41) is 3.30. The van der Waals surface area contributed by atoms with E-state index in [0.717, 1.165) is 31.5 Å². The number of carbonyl (C=O) groups is 1. The highest BCUT2D eigenvalue weighted by Crippen LogP contribution is 2.36. The molecular formula is C15H21NO2. The van der Waals surface area contributed by atoms with Gasteiger partial charge in [-0.05, 0) is 38.4 Å². The van der Waals surface area contributed by atoms with Crippen LogP contribution in [-0.2, 0) is 0 Å². The van der Waals surface area contributed by atoms with Crippen LogP contribution in [0.4, 0.5) is 0 Å². The van der Waals surface area contributed by atoms with Crippen LogP contribution in [0.25, 0.3) is 0 Å². The van der Waals surface area contributed by atoms with E-state index in [9.17, 15) is 4.79 Å². The van der Waals surface area contributed by atoms with Gasteiger partial charge in [-0.15, -0.1) is 0 Å². The van der Waals surface area contributed by atoms with Gasteiger partial charge in [0.25, 0.3) is 0 Å². The van der Waals surface area contributed by atoms with Crippen molar-refractivity contribution in [1.82, 2.24) is 5.32 Å². The standard InChI is InChI=1S/C15H21NO2/c1-3-15(9-10-16-11-15)14(17)12-7-5-6-8-13(12)18-4-2/h5-8,16H,3-4,9-11H2,1-2H3. The molecule has 1 fully saturated rings. The highest BCUT2D eigenvalue weighted by atomic mass is 16.5. The van der Waals surface area contributed by atoms with Crippen LogP contribution < -0.4 is 10.1 Å². The van der Waals surface area contributed by atoms with Crippen molar-refractivity contribution in [3.8, 4) is 5.75 Å². The van der Waals surface area contributed by atoms with E-state index in [2.05, 4.69) is 12.2 Å². The fourth-order valence-electron chi connectivity index (χ4n) is 2.62. The lowest BCUT2D eigenvalue weighted by Crippen LogP contribution is -2.33. The average molecular weight is 247 g/mol. The van der Waals surface area contributed by atoms with E-state index in [0.29, 0.717) is 12.4 Å². The summed E-state index contributed by atoms with van der Waals surface area (Å²) in [6.45, 7) is 6.32. The Kier molecular flexibility index (Phi) is 4.02. The fraction of sp³-hybridized carbons (Fsp3) is 0.533. The lowest BCUT2D eigenvalue weighted by molar-refractivity contribution is 0.0806. The Morgan fingerprint density at radius 3 is 2.78 bits per heavy atom. The Balaban J connectivity index is 2.33. The molecule has 1 heterocycles. The van der Waals surface area contributed by atoms with Gasteiger partial charge in [-0.3, -0.25) is 4.79 Å². The molecule has 1 atom stereocenters. The lowest BCUT2D eigenvalue weighted by Gasteiger charge is -2.25. The number of rotatable bonds is 5. The number of ether oxygens (including phenoxy) is 1. The lowest BCUT2D eigenvalue weighted by atomic mass is 9.77. The molecule has 0 spiro atoms. The van der Waals surface area contributed by atoms with Gasteiger partial charge in [0.05, 0.1) is 12.2 Å². The van der Waals surface area contributed by atoms with Crippen LogP contribution in [0.1, 0.15) is 37.0 Å². The second-order valence-corrected chi connectivity index (χ2v) is 4.82. The largest absolute Gasteiger partial charge is 0.493 e. The minimum Gasteiger partial charge on any atom is -0.493 e. The zero-order chi connectivity index (χ0) is 13.0. The Morgan fingerprint density at radius 1 is 1.39 bits per heavy atom. The van der Waals surface area contributed by atoms with Crippen LogP contribution in [0, 0.1) is 5.41 Å². The Labute approximate surface area is 109 Å². The first-order valence-electron chi connectivity index (χ1n) is 6.71. The number of hydrogen-bond acceptors (Lipinski definition) is 3. The summed E-state index contributed by atoms with van der Waals surface area (Å²) in [5.74, 6) is 0.934. The van der Waals surface area contributed by atoms with Gasteiger partial charge in [-0.1, -0.05) is 19.1 Å². The van der Waals surface area contributed by atoms with E-state index in [1.165, 1.54) is 0 Å². The Bertz CT molecular complexity index is 422. The second kappa shape index (κ2) is 5.53. The summed E-state index contributed by atoms with van der Waals surface area (Å²) < 4.78 is 5.57. The molecule has 1 aliphatic rings. The van der Waals surface area contributed by atoms with E-state index in [1.807, 2.05) is 31.2 Å². The number of nitrogens with one attached hydrogen (secondary N) is 1. The summed E-state index contributed by atoms with van der Waals surface area (Å²) in [5.41, 5.74) is 0.484. The molecule has 0 amide bonds. The van der Waals surface area contributed by atoms with E-state index >= 15 is 0 Å². The first kappa shape index (κ1) is 13.1. The van der Waals surface area contributed by atoms with Gasteiger partial charge in [0.15, 0.2) is 5.78 Å². The van der Waals surface area contributed by atoms with Crippen LogP contribution in [-0.4, -0.2) is 25.5 Å². The van der Waals surface area contributed by atoms with Gasteiger partial charge in [0.2, 0.25) is 0 Å². The Morgan fingerprint density at radius 2 is 2.17 bits per heavy atom. The minimum atomic E-state index is -0.243. The quantitative estimate of drug-likeness (QED) is 0.813. The molecule has 0 radical (unpaired) electrons. The molecule has 0 aromatic heterocycles. The molecule has 3 nitrogen and oxygen atoms in total. The smallest absolute Gasteiger partial charge is 0.174 e. The number of benzene rings is 1. The van der Waals surface area contributed by atoms with E-state index in [1.54, 1.807) is 0 Å². The van der Waals surface area contributed by atoms with Crippen molar-refractivity contribution in [3.05, 3.63) is 29.8 Å². The average Bonchev–Trinajstić information content (AvgIpc) is 2.89. The Hall–Kier alpha value is -1.35. The molecule has 1 unspecified atom stereocenters. The first-order chi connectivity index (χ1) is 8.73. The van der Waals surface area contributed by atoms with Gasteiger partial charge in [0, 0.05) is 12.0 Å². The van der Waals surface area contributed by atoms with Crippen LogP contribution in [0.2, 0.25) is 0 Å². The monoisotopic (exact) mass is 247 g/mol. The van der Waals surface area contributed by atoms with Gasteiger partial charge in [-0.2, -0.15) is 0 Å². The van der Waals surface area contributed by atoms with Crippen LogP contribution in [0.5, 0.6) is 5.75 Å². The van der Waals surface area contributed by atoms with Crippen molar-refractivity contribution in [2.75, 3.05) is 19.7 Å². The minimum absolute atomic E-state index is 0.221. The molecule has 1 aliphatic heterocycles. The molecular weight excluding hydrogens is 226 g/mol. The third-order valence-electron chi connectivity index (χ3n) is 3.83. The molecule has 2 rings (SSSR count). The summed E-state index contributed by atoms with van der Waals surface area (Å²) >= 11 is 0. The van der Waals surface area contributed by atoms with E-state index in [4.69, 9.17) is 4.74 Å². The van der Waals surface area contributed by atoms with Crippen molar-refractivity contribution in [2.45, 2.75) is 26.7 Å². The zero-order valence-corrected chi connectivity index (χ0v) is 11.2. The van der Waals surface area contributed by atoms with Crippen LogP contribution in [0.3, 0.4) is 0 Å². The molecule has 1 saturated heterocycles. The van der Waals surface area contributed by atoms with E-state index in [-0.39, 0.29) is 11.2 Å². The fourth-order valence-corrected chi connectivity index (χ4v) is 2.62. The van der Waals surface area contributed by atoms with Crippen LogP contribution in [0.15, 0.2) is 24.3 Å². The molecule has 0 saturated carbocycles. The van der Waals surface area contributed by atoms with Crippen molar-refractivity contribution in [3.63, 3.8) is 0 Å². The molecule has 0 aliphatic carbocycles. The third-order valence-corrected chi connectivity index (χ3v) is 3.83. The summed E-state index contributed by atoms with van der Waals surface area (Å²) in [6, 6.07) is 7.57. The normalized spacial score (nSPS) is 23.0. The zero-order valence-electron chi connectivity index (χ0n) is 11.2. The summed E-state index contributed by atoms with van der Waals surface area (Å²) in [4.78, 5) is 12.8. The molecule has 1 aromatic rings. The van der Waals surface area contributed by atoms with Crippen molar-refractivity contribution in [2.24, 2.45) is 5.41 Å². The third kappa shape index (κ3) is 2.27. The molecule has 1 N–H and O–H groups in total. The molecule has 18 heavy (non-hydrogen) atoms. The predicted octanol–water partition coefficient (Wildman–Crippen LogP) is 2.66. The second-order valence-electron chi connectivity index (χ2n) is 4.82. The molecule has 1 aromatic carbocycles. The summed E-state index contributed by atoms with van der Waals surface area (Å²) in [6.07, 6.45) is 1.79. The van der Waals surface area contributed by atoms with Gasteiger partial charge >= 0.3 is 0 Å². The number of Topliss-reactive ketones (excluding diaryl/α,β-unsaturated/α-hetero) is 1. The number of ketones is 1. The van der Waals surface area contributed by atoms with Crippen LogP contribution >= 0.6 is 0 Å². The van der Waals surface area contributed by atoms with E-state index < -0.39 is 0 Å². The number of para-hydroxylation sites is 1. The highest BCUT2D eigenvalue weighted by molar-refractivity contribution is 6.03. The molecule has 3 heteroatoms. The first-order valence-corrected chi connectivity index (χ1v) is 6.71. The highest BCUT2D eigenvalue weighted by Gasteiger charge is 2.40. The predicted molar refractivity (Wildman–Crippen MR) is 72.2 cm³/mol. The maximum absolute atomic E-state index is 12.8. The summed E-state index contributed by atoms with van der Waals surface area (Å²) in [7, 11) is 0. The van der Waals surface area contributed by atoms with Crippen molar-refractivity contribution < 1.29 is 9.53 Å². The maximum Gasteiger partial charge on any atom is 0.174 e. The molecule has 0 bridgehead atoms. The van der Waals surface area contributed by atoms with Crippen molar-refractivity contribution in [1.29, 1.82) is 0 Å². The molecule has 98 valence electrons. The van der Waals surface area contributed by atoms with Crippen molar-refractivity contribution >= 4 is 5.78 Å². The SMILES string of the molecule is CCOc1ccccc1C(=O)C1(CC)CCNC1.